The maximum Gasteiger partial charge on any atom is 0.290 e. The van der Waals surface area contributed by atoms with Gasteiger partial charge >= 0.3 is 0 Å². The summed E-state index contributed by atoms with van der Waals surface area (Å²) in [7, 11) is 4.01. The Bertz CT molecular complexity index is 944. The van der Waals surface area contributed by atoms with Gasteiger partial charge in [-0.05, 0) is 26.3 Å². The van der Waals surface area contributed by atoms with Crippen LogP contribution in [0.5, 0.6) is 0 Å². The number of rotatable bonds is 6. The first kappa shape index (κ1) is 20.2. The van der Waals surface area contributed by atoms with E-state index >= 15 is 0 Å². The molecule has 0 bridgehead atoms. The Hall–Kier alpha value is -2.51. The third-order valence-electron chi connectivity index (χ3n) is 4.90. The zero-order valence-electron chi connectivity index (χ0n) is 16.9. The van der Waals surface area contributed by atoms with Gasteiger partial charge in [0, 0.05) is 0 Å². The first-order valence-electron chi connectivity index (χ1n) is 9.29. The number of quaternary nitrogens is 1. The summed E-state index contributed by atoms with van der Waals surface area (Å²) in [6.45, 7) is 6.76. The number of hydrogen-bond acceptors (Lipinski definition) is 5. The number of likely N-dealkylation sites (N-methyl/N-ethyl adjacent to an activating group) is 1. The molecule has 0 radical (unpaired) electrons. The highest BCUT2D eigenvalue weighted by Crippen LogP contribution is 2.39. The second-order valence-electron chi connectivity index (χ2n) is 7.51. The average molecular weight is 401 g/mol. The van der Waals surface area contributed by atoms with Crippen molar-refractivity contribution in [1.82, 2.24) is 9.88 Å². The standard InChI is InChI=1S/C21H25N3O3S/c1-12-6-8-15(9-7-12)17-16(18(25)20-13(2)22-14(3)28-20)19(26)21(27)24(17)11-10-23(4)5/h6-9,17,26H,10-11H2,1-5H3/p+1/t17-/m1/s1. The number of aliphatic hydroxyl groups excluding tert-OH is 1. The number of hydrogen-bond donors (Lipinski definition) is 2. The van der Waals surface area contributed by atoms with E-state index in [0.29, 0.717) is 23.7 Å². The molecule has 1 aliphatic rings. The van der Waals surface area contributed by atoms with Crippen LogP contribution < -0.4 is 4.90 Å². The van der Waals surface area contributed by atoms with Gasteiger partial charge in [0.15, 0.2) is 5.76 Å². The Morgan fingerprint density at radius 2 is 1.86 bits per heavy atom. The monoisotopic (exact) mass is 400 g/mol. The Kier molecular flexibility index (Phi) is 5.67. The molecule has 1 aromatic carbocycles. The topological polar surface area (TPSA) is 74.9 Å². The highest BCUT2D eigenvalue weighted by atomic mass is 32.1. The Morgan fingerprint density at radius 1 is 1.21 bits per heavy atom. The van der Waals surface area contributed by atoms with E-state index in [0.717, 1.165) is 16.1 Å². The molecule has 2 N–H and O–H groups in total. The van der Waals surface area contributed by atoms with Crippen molar-refractivity contribution in [2.24, 2.45) is 0 Å². The minimum Gasteiger partial charge on any atom is -0.503 e. The fourth-order valence-corrected chi connectivity index (χ4v) is 4.29. The van der Waals surface area contributed by atoms with Crippen LogP contribution in [-0.4, -0.2) is 53.9 Å². The molecule has 0 fully saturated rings. The molecule has 1 atom stereocenters. The molecule has 1 aromatic heterocycles. The number of aromatic nitrogens is 1. The molecular formula is C21H26N3O3S+. The zero-order chi connectivity index (χ0) is 20.6. The Morgan fingerprint density at radius 3 is 2.39 bits per heavy atom. The molecule has 0 unspecified atom stereocenters. The van der Waals surface area contributed by atoms with Crippen molar-refractivity contribution in [1.29, 1.82) is 0 Å². The molecule has 0 saturated heterocycles. The molecule has 2 aromatic rings. The second-order valence-corrected chi connectivity index (χ2v) is 8.71. The third kappa shape index (κ3) is 3.72. The maximum absolute atomic E-state index is 13.3. The van der Waals surface area contributed by atoms with Crippen LogP contribution in [0.25, 0.3) is 0 Å². The van der Waals surface area contributed by atoms with E-state index < -0.39 is 17.7 Å². The van der Waals surface area contributed by atoms with Gasteiger partial charge in [0.25, 0.3) is 5.91 Å². The van der Waals surface area contributed by atoms with Gasteiger partial charge in [-0.2, -0.15) is 0 Å². The number of Topliss-reactive ketones (excluding diaryl/α,β-unsaturated/α-hetero) is 1. The fourth-order valence-electron chi connectivity index (χ4n) is 3.42. The van der Waals surface area contributed by atoms with E-state index in [1.807, 2.05) is 52.2 Å². The van der Waals surface area contributed by atoms with Crippen LogP contribution in [0.3, 0.4) is 0 Å². The number of carbonyl (C=O) groups excluding carboxylic acids is 2. The Labute approximate surface area is 169 Å². The number of thiazole rings is 1. The van der Waals surface area contributed by atoms with Crippen molar-refractivity contribution >= 4 is 23.0 Å². The summed E-state index contributed by atoms with van der Waals surface area (Å²) in [5.74, 6) is -1.26. The zero-order valence-corrected chi connectivity index (χ0v) is 17.7. The number of amides is 1. The lowest BCUT2D eigenvalue weighted by Crippen LogP contribution is -3.06. The molecule has 6 nitrogen and oxygen atoms in total. The SMILES string of the molecule is Cc1ccc([C@@H]2C(C(=O)c3sc(C)nc3C)=C(O)C(=O)N2CC[NH+](C)C)cc1. The van der Waals surface area contributed by atoms with Crippen molar-refractivity contribution in [3.05, 3.63) is 62.3 Å². The second kappa shape index (κ2) is 7.85. The van der Waals surface area contributed by atoms with Crippen molar-refractivity contribution in [2.45, 2.75) is 26.8 Å². The molecule has 7 heteroatoms. The summed E-state index contributed by atoms with van der Waals surface area (Å²) in [6.07, 6.45) is 0. The highest BCUT2D eigenvalue weighted by Gasteiger charge is 2.44. The fraction of sp³-hybridized carbons (Fsp3) is 0.381. The lowest BCUT2D eigenvalue weighted by atomic mass is 9.94. The molecule has 0 spiro atoms. The summed E-state index contributed by atoms with van der Waals surface area (Å²) in [5.41, 5.74) is 2.68. The van der Waals surface area contributed by atoms with E-state index in [4.69, 9.17) is 0 Å². The summed E-state index contributed by atoms with van der Waals surface area (Å²) in [6, 6.07) is 7.14. The molecule has 0 saturated carbocycles. The number of aliphatic hydroxyl groups is 1. The molecule has 1 aliphatic heterocycles. The molecule has 2 heterocycles. The highest BCUT2D eigenvalue weighted by molar-refractivity contribution is 7.14. The summed E-state index contributed by atoms with van der Waals surface area (Å²) < 4.78 is 0. The number of benzene rings is 1. The van der Waals surface area contributed by atoms with Crippen molar-refractivity contribution in [3.63, 3.8) is 0 Å². The van der Waals surface area contributed by atoms with Crippen molar-refractivity contribution in [3.8, 4) is 0 Å². The van der Waals surface area contributed by atoms with E-state index in [9.17, 15) is 14.7 Å². The number of nitrogens with zero attached hydrogens (tertiary/aromatic N) is 2. The lowest BCUT2D eigenvalue weighted by molar-refractivity contribution is -0.857. The minimum absolute atomic E-state index is 0.148. The van der Waals surface area contributed by atoms with Gasteiger partial charge in [-0.1, -0.05) is 29.8 Å². The minimum atomic E-state index is -0.596. The van der Waals surface area contributed by atoms with Gasteiger partial charge in [-0.25, -0.2) is 4.98 Å². The van der Waals surface area contributed by atoms with Gasteiger partial charge in [-0.15, -0.1) is 11.3 Å². The van der Waals surface area contributed by atoms with Crippen LogP contribution in [-0.2, 0) is 4.79 Å². The largest absolute Gasteiger partial charge is 0.503 e. The van der Waals surface area contributed by atoms with Crippen LogP contribution in [0.2, 0.25) is 0 Å². The third-order valence-corrected chi connectivity index (χ3v) is 5.98. The quantitative estimate of drug-likeness (QED) is 0.725. The maximum atomic E-state index is 13.3. The molecular weight excluding hydrogens is 374 g/mol. The number of carbonyl (C=O) groups is 2. The van der Waals surface area contributed by atoms with Crippen molar-refractivity contribution in [2.75, 3.05) is 27.2 Å². The smallest absolute Gasteiger partial charge is 0.290 e. The molecule has 148 valence electrons. The molecule has 28 heavy (non-hydrogen) atoms. The van der Waals surface area contributed by atoms with E-state index in [1.54, 1.807) is 11.8 Å². The van der Waals surface area contributed by atoms with E-state index in [-0.39, 0.29) is 11.4 Å². The van der Waals surface area contributed by atoms with Gasteiger partial charge in [0.1, 0.15) is 0 Å². The van der Waals surface area contributed by atoms with Crippen LogP contribution in [0, 0.1) is 20.8 Å². The molecule has 0 aliphatic carbocycles. The van der Waals surface area contributed by atoms with Crippen LogP contribution in [0.4, 0.5) is 0 Å². The van der Waals surface area contributed by atoms with Gasteiger partial charge < -0.3 is 14.9 Å². The number of aryl methyl sites for hydroxylation is 3. The lowest BCUT2D eigenvalue weighted by Gasteiger charge is -2.27. The van der Waals surface area contributed by atoms with Crippen LogP contribution in [0.15, 0.2) is 35.6 Å². The summed E-state index contributed by atoms with van der Waals surface area (Å²) in [5, 5.41) is 11.4. The predicted octanol–water partition coefficient (Wildman–Crippen LogP) is 1.79. The van der Waals surface area contributed by atoms with Crippen LogP contribution >= 0.6 is 11.3 Å². The normalized spacial score (nSPS) is 17.1. The first-order valence-corrected chi connectivity index (χ1v) is 10.1. The number of ketones is 1. The first-order chi connectivity index (χ1) is 13.2. The molecule has 3 rings (SSSR count). The average Bonchev–Trinajstić information content (AvgIpc) is 3.10. The van der Waals surface area contributed by atoms with E-state index in [1.165, 1.54) is 16.2 Å². The molecule has 1 amide bonds. The summed E-state index contributed by atoms with van der Waals surface area (Å²) >= 11 is 1.29. The van der Waals surface area contributed by atoms with E-state index in [2.05, 4.69) is 4.98 Å². The number of nitrogens with one attached hydrogen (secondary N) is 1. The van der Waals surface area contributed by atoms with Crippen molar-refractivity contribution < 1.29 is 19.6 Å². The van der Waals surface area contributed by atoms with Gasteiger partial charge in [-0.3, -0.25) is 9.59 Å². The van der Waals surface area contributed by atoms with Gasteiger partial charge in [0.2, 0.25) is 5.78 Å². The predicted molar refractivity (Wildman–Crippen MR) is 109 cm³/mol. The Balaban J connectivity index is 2.08. The van der Waals surface area contributed by atoms with Gasteiger partial charge in [0.05, 0.1) is 54.4 Å². The summed E-state index contributed by atoms with van der Waals surface area (Å²) in [4.78, 5) is 33.8. The van der Waals surface area contributed by atoms with Crippen LogP contribution in [0.1, 0.15) is 37.5 Å².